The molecule has 0 fully saturated rings. The average molecular weight is 238 g/mol. The molecule has 0 aliphatic carbocycles. The highest BCUT2D eigenvalue weighted by atomic mass is 16.5. The van der Waals surface area contributed by atoms with Crippen LogP contribution in [0.15, 0.2) is 17.4 Å². The molecule has 1 unspecified atom stereocenters. The van der Waals surface area contributed by atoms with E-state index in [-0.39, 0.29) is 11.9 Å². The molecule has 0 aliphatic heterocycles. The van der Waals surface area contributed by atoms with Crippen LogP contribution in [0.25, 0.3) is 0 Å². The quantitative estimate of drug-likeness (QED) is 0.379. The van der Waals surface area contributed by atoms with E-state index in [9.17, 15) is 4.79 Å². The predicted octanol–water partition coefficient (Wildman–Crippen LogP) is 4.11. The summed E-state index contributed by atoms with van der Waals surface area (Å²) in [5, 5.41) is 0. The number of hydrogen-bond donors (Lipinski definition) is 0. The second-order valence-electron chi connectivity index (χ2n) is 4.90. The molecule has 0 amide bonds. The molecular weight excluding hydrogens is 212 g/mol. The Hall–Kier alpha value is -1.01. The van der Waals surface area contributed by atoms with Crippen LogP contribution in [0.1, 0.15) is 53.9 Å². The van der Waals surface area contributed by atoms with Gasteiger partial charge < -0.3 is 4.74 Å². The van der Waals surface area contributed by atoms with Crippen molar-refractivity contribution in [3.63, 3.8) is 0 Å². The lowest BCUT2D eigenvalue weighted by molar-refractivity contribution is -0.147. The zero-order valence-electron chi connectivity index (χ0n) is 11.9. The van der Waals surface area contributed by atoms with Crippen molar-refractivity contribution in [3.8, 4) is 0 Å². The molecule has 0 heterocycles. The Morgan fingerprint density at radius 2 is 2.00 bits per heavy atom. The van der Waals surface area contributed by atoms with Gasteiger partial charge >= 0.3 is 5.97 Å². The normalized spacial score (nSPS) is 11.9. The number of esters is 1. The summed E-state index contributed by atoms with van der Waals surface area (Å²) in [6, 6.07) is 0. The minimum absolute atomic E-state index is 0.0306. The molecule has 0 aromatic rings. The summed E-state index contributed by atoms with van der Waals surface area (Å²) in [5.41, 5.74) is 4.52. The minimum Gasteiger partial charge on any atom is -0.465 e. The minimum atomic E-state index is -0.109. The zero-order chi connectivity index (χ0) is 13.3. The van der Waals surface area contributed by atoms with Crippen molar-refractivity contribution in [1.29, 1.82) is 0 Å². The van der Waals surface area contributed by atoms with Crippen molar-refractivity contribution >= 4 is 5.97 Å². The molecule has 2 nitrogen and oxygen atoms in total. The van der Waals surface area contributed by atoms with E-state index in [0.29, 0.717) is 12.5 Å². The lowest BCUT2D eigenvalue weighted by atomic mass is 10.1. The van der Waals surface area contributed by atoms with Crippen molar-refractivity contribution in [2.75, 3.05) is 6.61 Å². The van der Waals surface area contributed by atoms with E-state index in [1.165, 1.54) is 5.57 Å². The summed E-state index contributed by atoms with van der Waals surface area (Å²) in [6.07, 6.45) is 5.09. The van der Waals surface area contributed by atoms with E-state index in [4.69, 9.17) is 4.74 Å². The summed E-state index contributed by atoms with van der Waals surface area (Å²) in [6.45, 7) is 10.6. The Morgan fingerprint density at radius 3 is 2.53 bits per heavy atom. The Morgan fingerprint density at radius 1 is 1.35 bits per heavy atom. The van der Waals surface area contributed by atoms with Gasteiger partial charge in [-0.25, -0.2) is 0 Å². The van der Waals surface area contributed by atoms with Crippen molar-refractivity contribution in [2.45, 2.75) is 53.9 Å². The van der Waals surface area contributed by atoms with E-state index in [2.05, 4.69) is 32.6 Å². The first-order chi connectivity index (χ1) is 7.97. The van der Waals surface area contributed by atoms with E-state index in [0.717, 1.165) is 19.3 Å². The molecule has 0 aromatic carbocycles. The van der Waals surface area contributed by atoms with Crippen molar-refractivity contribution in [1.82, 2.24) is 0 Å². The summed E-state index contributed by atoms with van der Waals surface area (Å²) in [7, 11) is 0. The monoisotopic (exact) mass is 238 g/mol. The van der Waals surface area contributed by atoms with Gasteiger partial charge in [0.2, 0.25) is 0 Å². The van der Waals surface area contributed by atoms with Crippen molar-refractivity contribution in [3.05, 3.63) is 17.4 Å². The molecule has 0 radical (unpaired) electrons. The number of rotatable bonds is 7. The van der Waals surface area contributed by atoms with E-state index in [1.54, 1.807) is 0 Å². The molecule has 0 N–H and O–H groups in total. The van der Waals surface area contributed by atoms with Crippen LogP contribution in [-0.2, 0) is 9.53 Å². The highest BCUT2D eigenvalue weighted by Gasteiger charge is 2.06. The highest BCUT2D eigenvalue weighted by Crippen LogP contribution is 2.06. The summed E-state index contributed by atoms with van der Waals surface area (Å²) in [4.78, 5) is 11.2. The molecule has 98 valence electrons. The molecule has 0 spiro atoms. The van der Waals surface area contributed by atoms with Crippen LogP contribution >= 0.6 is 0 Å². The van der Waals surface area contributed by atoms with Crippen LogP contribution in [0, 0.1) is 11.8 Å². The third-order valence-corrected chi connectivity index (χ3v) is 2.67. The summed E-state index contributed by atoms with van der Waals surface area (Å²) in [5.74, 6) is 0.447. The van der Waals surface area contributed by atoms with Crippen LogP contribution in [-0.4, -0.2) is 12.6 Å². The predicted molar refractivity (Wildman–Crippen MR) is 71.8 cm³/mol. The Kier molecular flexibility index (Phi) is 8.53. The topological polar surface area (TPSA) is 26.3 Å². The van der Waals surface area contributed by atoms with Gasteiger partial charge in [-0.05, 0) is 43.8 Å². The average Bonchev–Trinajstić information content (AvgIpc) is 2.30. The van der Waals surface area contributed by atoms with Gasteiger partial charge in [-0.15, -0.1) is 5.73 Å². The first kappa shape index (κ1) is 16.0. The molecule has 0 aromatic heterocycles. The van der Waals surface area contributed by atoms with Gasteiger partial charge in [0.15, 0.2) is 0 Å². The number of carbonyl (C=O) groups is 1. The molecule has 0 saturated heterocycles. The van der Waals surface area contributed by atoms with Gasteiger partial charge in [0.05, 0.1) is 12.5 Å². The standard InChI is InChI=1S/C15H26O2/c1-6-13(4)9-10-14(5)8-7-11-17-15(16)12(2)3/h9,12-13H,6-8,11H2,1-5H3. The van der Waals surface area contributed by atoms with E-state index < -0.39 is 0 Å². The fourth-order valence-electron chi connectivity index (χ4n) is 1.15. The smallest absolute Gasteiger partial charge is 0.308 e. The van der Waals surface area contributed by atoms with Gasteiger partial charge in [0.1, 0.15) is 0 Å². The molecule has 0 rings (SSSR count). The van der Waals surface area contributed by atoms with Crippen molar-refractivity contribution in [2.24, 2.45) is 11.8 Å². The largest absolute Gasteiger partial charge is 0.465 e. The van der Waals surface area contributed by atoms with E-state index in [1.807, 2.05) is 13.8 Å². The molecule has 2 heteroatoms. The maximum atomic E-state index is 11.2. The van der Waals surface area contributed by atoms with Gasteiger partial charge in [-0.3, -0.25) is 4.79 Å². The Bertz CT molecular complexity index is 283. The van der Waals surface area contributed by atoms with Crippen LogP contribution in [0.5, 0.6) is 0 Å². The van der Waals surface area contributed by atoms with Gasteiger partial charge in [0, 0.05) is 0 Å². The second kappa shape index (κ2) is 9.07. The Balaban J connectivity index is 3.82. The third kappa shape index (κ3) is 8.76. The summed E-state index contributed by atoms with van der Waals surface area (Å²) < 4.78 is 5.11. The molecule has 1 atom stereocenters. The second-order valence-corrected chi connectivity index (χ2v) is 4.90. The Labute approximate surface area is 106 Å². The fraction of sp³-hybridized carbons (Fsp3) is 0.733. The van der Waals surface area contributed by atoms with Crippen LogP contribution < -0.4 is 0 Å². The maximum Gasteiger partial charge on any atom is 0.308 e. The molecular formula is C15H26O2. The van der Waals surface area contributed by atoms with Crippen molar-refractivity contribution < 1.29 is 9.53 Å². The van der Waals surface area contributed by atoms with Crippen LogP contribution in [0.3, 0.4) is 0 Å². The van der Waals surface area contributed by atoms with E-state index >= 15 is 0 Å². The SMILES string of the molecule is CCC(C)C=C=C(C)CCCOC(=O)C(C)C. The number of ether oxygens (including phenoxy) is 1. The summed E-state index contributed by atoms with van der Waals surface area (Å²) >= 11 is 0. The lowest BCUT2D eigenvalue weighted by Gasteiger charge is -2.06. The zero-order valence-corrected chi connectivity index (χ0v) is 11.9. The van der Waals surface area contributed by atoms with Crippen LogP contribution in [0.2, 0.25) is 0 Å². The fourth-order valence-corrected chi connectivity index (χ4v) is 1.15. The molecule has 0 saturated carbocycles. The van der Waals surface area contributed by atoms with Gasteiger partial charge in [-0.1, -0.05) is 27.7 Å². The molecule has 0 bridgehead atoms. The lowest BCUT2D eigenvalue weighted by Crippen LogP contribution is -2.12. The van der Waals surface area contributed by atoms with Gasteiger partial charge in [0.25, 0.3) is 0 Å². The van der Waals surface area contributed by atoms with Crippen LogP contribution in [0.4, 0.5) is 0 Å². The number of allylic oxidation sites excluding steroid dienone is 1. The maximum absolute atomic E-state index is 11.2. The molecule has 0 aliphatic rings. The van der Waals surface area contributed by atoms with Gasteiger partial charge in [-0.2, -0.15) is 0 Å². The number of hydrogen-bond acceptors (Lipinski definition) is 2. The first-order valence-corrected chi connectivity index (χ1v) is 6.56. The molecule has 17 heavy (non-hydrogen) atoms. The number of carbonyl (C=O) groups excluding carboxylic acids is 1. The third-order valence-electron chi connectivity index (χ3n) is 2.67. The first-order valence-electron chi connectivity index (χ1n) is 6.56. The highest BCUT2D eigenvalue weighted by molar-refractivity contribution is 5.71.